The number of aliphatic hydroxyl groups is 1. The molecule has 1 aliphatic heterocycles. The molecule has 0 saturated carbocycles. The second-order valence-corrected chi connectivity index (χ2v) is 9.40. The molecule has 0 saturated heterocycles. The molecule has 36 heavy (non-hydrogen) atoms. The van der Waals surface area contributed by atoms with Crippen molar-refractivity contribution in [3.05, 3.63) is 125 Å². The maximum atomic E-state index is 14.1. The smallest absolute Gasteiger partial charge is 0.273 e. The predicted octanol–water partition coefficient (Wildman–Crippen LogP) is 6.06. The van der Waals surface area contributed by atoms with Gasteiger partial charge >= 0.3 is 0 Å². The summed E-state index contributed by atoms with van der Waals surface area (Å²) in [5, 5.41) is 11.9. The van der Waals surface area contributed by atoms with Crippen LogP contribution in [0.15, 0.2) is 103 Å². The van der Waals surface area contributed by atoms with Crippen LogP contribution in [0, 0.1) is 0 Å². The van der Waals surface area contributed by atoms with Crippen molar-refractivity contribution in [3.8, 4) is 5.75 Å². The Morgan fingerprint density at radius 3 is 2.17 bits per heavy atom. The van der Waals surface area contributed by atoms with E-state index in [1.54, 1.807) is 30.2 Å². The number of rotatable bonds is 7. The molecule has 5 rings (SSSR count). The van der Waals surface area contributed by atoms with Crippen LogP contribution in [0.4, 0.5) is 11.4 Å². The Hall–Kier alpha value is -3.93. The van der Waals surface area contributed by atoms with Crippen LogP contribution in [0.3, 0.4) is 0 Å². The first kappa shape index (κ1) is 23.8. The van der Waals surface area contributed by atoms with Gasteiger partial charge in [0.15, 0.2) is 5.60 Å². The molecular weight excluding hydrogens is 450 g/mol. The number of carbonyl (C=O) groups excluding carboxylic acids is 1. The number of hydrogen-bond acceptors (Lipinski definition) is 4. The molecule has 4 aromatic rings. The first-order chi connectivity index (χ1) is 17.4. The number of fused-ring (bicyclic) bond motifs is 1. The number of anilines is 2. The second-order valence-electron chi connectivity index (χ2n) is 9.40. The van der Waals surface area contributed by atoms with Gasteiger partial charge in [-0.15, -0.1) is 0 Å². The molecule has 0 fully saturated rings. The van der Waals surface area contributed by atoms with Crippen molar-refractivity contribution in [2.75, 3.05) is 12.0 Å². The molecule has 1 amide bonds. The van der Waals surface area contributed by atoms with E-state index >= 15 is 0 Å². The number of methoxy groups -OCH3 is 1. The van der Waals surface area contributed by atoms with Crippen molar-refractivity contribution in [2.24, 2.45) is 0 Å². The summed E-state index contributed by atoms with van der Waals surface area (Å²) in [7, 11) is 1.64. The number of para-hydroxylation sites is 1. The van der Waals surface area contributed by atoms with Crippen LogP contribution in [0.25, 0.3) is 0 Å². The molecule has 5 nitrogen and oxygen atoms in total. The third kappa shape index (κ3) is 3.96. The fourth-order valence-corrected chi connectivity index (χ4v) is 4.69. The molecule has 1 N–H and O–H groups in total. The van der Waals surface area contributed by atoms with E-state index in [4.69, 9.17) is 9.47 Å². The lowest BCUT2D eigenvalue weighted by Gasteiger charge is -2.31. The van der Waals surface area contributed by atoms with Crippen molar-refractivity contribution >= 4 is 17.3 Å². The van der Waals surface area contributed by atoms with Crippen LogP contribution in [0.5, 0.6) is 5.75 Å². The zero-order chi connectivity index (χ0) is 25.3. The summed E-state index contributed by atoms with van der Waals surface area (Å²) in [6.45, 7) is 4.32. The summed E-state index contributed by atoms with van der Waals surface area (Å²) in [4.78, 5) is 15.6. The molecule has 0 radical (unpaired) electrons. The van der Waals surface area contributed by atoms with Gasteiger partial charge in [0.05, 0.1) is 17.0 Å². The number of carbonyl (C=O) groups is 1. The van der Waals surface area contributed by atoms with Crippen LogP contribution < -0.4 is 9.64 Å². The van der Waals surface area contributed by atoms with Gasteiger partial charge in [-0.25, -0.2) is 0 Å². The highest BCUT2D eigenvalue weighted by Crippen LogP contribution is 2.50. The molecule has 1 aliphatic rings. The van der Waals surface area contributed by atoms with Crippen molar-refractivity contribution in [2.45, 2.75) is 31.7 Å². The average Bonchev–Trinajstić information content (AvgIpc) is 3.15. The lowest BCUT2D eigenvalue weighted by atomic mass is 9.87. The van der Waals surface area contributed by atoms with Gasteiger partial charge in [-0.2, -0.15) is 0 Å². The van der Waals surface area contributed by atoms with Gasteiger partial charge in [-0.3, -0.25) is 9.69 Å². The minimum Gasteiger partial charge on any atom is -0.489 e. The van der Waals surface area contributed by atoms with Gasteiger partial charge in [0.25, 0.3) is 5.91 Å². The summed E-state index contributed by atoms with van der Waals surface area (Å²) in [5.74, 6) is 0.238. The number of nitrogens with zero attached hydrogens (tertiary/aromatic N) is 1. The number of amides is 1. The standard InChI is InChI=1S/C31H29NO4/c1-30(2,35-3)26-20-24(36-21-22-12-6-4-7-13-22)18-19-28(26)32-27-17-11-10-16-25(27)31(34,29(32)33)23-14-8-5-9-15-23/h4-20,34H,21H2,1-3H3/t31-/m1/s1. The topological polar surface area (TPSA) is 59.0 Å². The van der Waals surface area contributed by atoms with E-state index in [1.165, 1.54) is 0 Å². The van der Waals surface area contributed by atoms with Crippen molar-refractivity contribution in [1.29, 1.82) is 0 Å². The van der Waals surface area contributed by atoms with E-state index in [9.17, 15) is 9.90 Å². The lowest BCUT2D eigenvalue weighted by molar-refractivity contribution is -0.131. The van der Waals surface area contributed by atoms with Gasteiger partial charge in [0, 0.05) is 18.2 Å². The summed E-state index contributed by atoms with van der Waals surface area (Å²) >= 11 is 0. The van der Waals surface area contributed by atoms with E-state index in [2.05, 4.69) is 0 Å². The summed E-state index contributed by atoms with van der Waals surface area (Å²) in [6.07, 6.45) is 0. The van der Waals surface area contributed by atoms with E-state index < -0.39 is 17.1 Å². The SMILES string of the molecule is COC(C)(C)c1cc(OCc2ccccc2)ccc1N1C(=O)[C@@](O)(c2ccccc2)c2ccccc21. The zero-order valence-electron chi connectivity index (χ0n) is 20.6. The normalized spacial score (nSPS) is 17.2. The molecule has 1 heterocycles. The quantitative estimate of drug-likeness (QED) is 0.350. The van der Waals surface area contributed by atoms with Crippen LogP contribution >= 0.6 is 0 Å². The highest BCUT2D eigenvalue weighted by Gasteiger charge is 2.52. The minimum absolute atomic E-state index is 0.423. The maximum Gasteiger partial charge on any atom is 0.273 e. The van der Waals surface area contributed by atoms with E-state index in [-0.39, 0.29) is 0 Å². The molecule has 5 heteroatoms. The van der Waals surface area contributed by atoms with Crippen LogP contribution in [0.1, 0.15) is 36.1 Å². The Labute approximate surface area is 211 Å². The highest BCUT2D eigenvalue weighted by molar-refractivity contribution is 6.14. The third-order valence-corrected chi connectivity index (χ3v) is 6.86. The van der Waals surface area contributed by atoms with Crippen molar-refractivity contribution in [3.63, 3.8) is 0 Å². The molecule has 0 aliphatic carbocycles. The molecule has 0 aromatic heterocycles. The van der Waals surface area contributed by atoms with Crippen LogP contribution in [-0.4, -0.2) is 18.1 Å². The van der Waals surface area contributed by atoms with Gasteiger partial charge in [0.1, 0.15) is 12.4 Å². The Kier molecular flexibility index (Phi) is 6.12. The third-order valence-electron chi connectivity index (χ3n) is 6.86. The fraction of sp³-hybridized carbons (Fsp3) is 0.194. The molecule has 0 spiro atoms. The monoisotopic (exact) mass is 479 g/mol. The molecule has 0 unspecified atom stereocenters. The molecule has 182 valence electrons. The van der Waals surface area contributed by atoms with Gasteiger partial charge in [-0.1, -0.05) is 78.9 Å². The fourth-order valence-electron chi connectivity index (χ4n) is 4.69. The van der Waals surface area contributed by atoms with Gasteiger partial charge < -0.3 is 14.6 Å². The average molecular weight is 480 g/mol. The summed E-state index contributed by atoms with van der Waals surface area (Å²) in [5.41, 5.74) is 1.66. The molecular formula is C31H29NO4. The van der Waals surface area contributed by atoms with Crippen molar-refractivity contribution < 1.29 is 19.4 Å². The largest absolute Gasteiger partial charge is 0.489 e. The van der Waals surface area contributed by atoms with E-state index in [0.717, 1.165) is 11.1 Å². The maximum absolute atomic E-state index is 14.1. The Bertz CT molecular complexity index is 1380. The lowest BCUT2D eigenvalue weighted by Crippen LogP contribution is -2.40. The highest BCUT2D eigenvalue weighted by atomic mass is 16.5. The first-order valence-electron chi connectivity index (χ1n) is 11.9. The van der Waals surface area contributed by atoms with Crippen LogP contribution in [-0.2, 0) is 27.3 Å². The molecule has 1 atom stereocenters. The first-order valence-corrected chi connectivity index (χ1v) is 11.9. The van der Waals surface area contributed by atoms with Gasteiger partial charge in [-0.05, 0) is 49.2 Å². The van der Waals surface area contributed by atoms with E-state index in [0.29, 0.717) is 34.9 Å². The number of hydrogen-bond donors (Lipinski definition) is 1. The Morgan fingerprint density at radius 1 is 0.833 bits per heavy atom. The summed E-state index contributed by atoms with van der Waals surface area (Å²) in [6, 6.07) is 32.0. The van der Waals surface area contributed by atoms with Gasteiger partial charge in [0.2, 0.25) is 0 Å². The molecule has 0 bridgehead atoms. The predicted molar refractivity (Wildman–Crippen MR) is 140 cm³/mol. The Balaban J connectivity index is 1.61. The summed E-state index contributed by atoms with van der Waals surface area (Å²) < 4.78 is 11.9. The molecule has 4 aromatic carbocycles. The minimum atomic E-state index is -1.80. The number of ether oxygens (including phenoxy) is 2. The number of benzene rings is 4. The van der Waals surface area contributed by atoms with E-state index in [1.807, 2.05) is 98.8 Å². The second kappa shape index (κ2) is 9.26. The van der Waals surface area contributed by atoms with Crippen LogP contribution in [0.2, 0.25) is 0 Å². The zero-order valence-corrected chi connectivity index (χ0v) is 20.6. The van der Waals surface area contributed by atoms with Crippen molar-refractivity contribution in [1.82, 2.24) is 0 Å². The Morgan fingerprint density at radius 2 is 1.47 bits per heavy atom.